The highest BCUT2D eigenvalue weighted by Gasteiger charge is 2.16. The first kappa shape index (κ1) is 16.8. The van der Waals surface area contributed by atoms with Gasteiger partial charge in [-0.15, -0.1) is 11.3 Å². The number of rotatable bonds is 5. The van der Waals surface area contributed by atoms with Gasteiger partial charge in [0.15, 0.2) is 0 Å². The van der Waals surface area contributed by atoms with Crippen molar-refractivity contribution in [3.8, 4) is 5.75 Å². The fourth-order valence-corrected chi connectivity index (χ4v) is 3.73. The number of ether oxygens (including phenoxy) is 1. The van der Waals surface area contributed by atoms with Crippen LogP contribution in [0, 0.1) is 0 Å². The molecule has 7 heteroatoms. The van der Waals surface area contributed by atoms with E-state index in [1.807, 2.05) is 6.07 Å². The van der Waals surface area contributed by atoms with Gasteiger partial charge in [0.2, 0.25) is 0 Å². The molecular weight excluding hydrogens is 441 g/mol. The molecule has 0 spiro atoms. The van der Waals surface area contributed by atoms with Crippen LogP contribution in [0.15, 0.2) is 38.6 Å². The predicted molar refractivity (Wildman–Crippen MR) is 93.6 cm³/mol. The molecule has 0 atom stereocenters. The minimum atomic E-state index is -0.0221. The van der Waals surface area contributed by atoms with Gasteiger partial charge < -0.3 is 9.64 Å². The maximum Gasteiger partial charge on any atom is 0.263 e. The predicted octanol–water partition coefficient (Wildman–Crippen LogP) is 5.08. The SMILES string of the molecule is CN(CCOc1ccc(Cl)cc1)C(=O)c1cc(Br)c(Br)s1. The van der Waals surface area contributed by atoms with E-state index in [9.17, 15) is 4.79 Å². The highest BCUT2D eigenvalue weighted by Crippen LogP contribution is 2.32. The summed E-state index contributed by atoms with van der Waals surface area (Å²) < 4.78 is 7.38. The minimum Gasteiger partial charge on any atom is -0.492 e. The standard InChI is InChI=1S/C14H12Br2ClNO2S/c1-18(14(19)12-8-11(15)13(16)21-12)6-7-20-10-4-2-9(17)3-5-10/h2-5,8H,6-7H2,1H3. The molecule has 1 amide bonds. The number of likely N-dealkylation sites (N-methyl/N-ethyl adjacent to an activating group) is 1. The van der Waals surface area contributed by atoms with Crippen molar-refractivity contribution in [1.82, 2.24) is 4.90 Å². The molecule has 21 heavy (non-hydrogen) atoms. The van der Waals surface area contributed by atoms with Gasteiger partial charge in [0.05, 0.1) is 15.2 Å². The van der Waals surface area contributed by atoms with E-state index in [0.717, 1.165) is 14.0 Å². The summed E-state index contributed by atoms with van der Waals surface area (Å²) in [4.78, 5) is 14.5. The van der Waals surface area contributed by atoms with Crippen LogP contribution < -0.4 is 4.74 Å². The Balaban J connectivity index is 1.85. The third kappa shape index (κ3) is 4.71. The molecule has 0 unspecified atom stereocenters. The van der Waals surface area contributed by atoms with Crippen LogP contribution in [0.5, 0.6) is 5.75 Å². The molecule has 0 aliphatic heterocycles. The maximum absolute atomic E-state index is 12.2. The van der Waals surface area contributed by atoms with Crippen LogP contribution in [0.25, 0.3) is 0 Å². The van der Waals surface area contributed by atoms with Gasteiger partial charge in [0.25, 0.3) is 5.91 Å². The zero-order valence-corrected chi connectivity index (χ0v) is 15.9. The van der Waals surface area contributed by atoms with E-state index in [1.54, 1.807) is 36.2 Å². The van der Waals surface area contributed by atoms with Gasteiger partial charge in [-0.1, -0.05) is 11.6 Å². The molecule has 112 valence electrons. The Kier molecular flexibility index (Phi) is 6.10. The van der Waals surface area contributed by atoms with Gasteiger partial charge in [0, 0.05) is 16.5 Å². The first-order valence-corrected chi connectivity index (χ1v) is 8.84. The van der Waals surface area contributed by atoms with E-state index < -0.39 is 0 Å². The van der Waals surface area contributed by atoms with Crippen molar-refractivity contribution in [2.24, 2.45) is 0 Å². The molecule has 0 aliphatic carbocycles. The van der Waals surface area contributed by atoms with Crippen LogP contribution in [0.3, 0.4) is 0 Å². The largest absolute Gasteiger partial charge is 0.492 e. The number of carbonyl (C=O) groups is 1. The van der Waals surface area contributed by atoms with E-state index in [0.29, 0.717) is 23.1 Å². The molecule has 0 saturated heterocycles. The second kappa shape index (κ2) is 7.63. The fraction of sp³-hybridized carbons (Fsp3) is 0.214. The molecule has 1 aromatic carbocycles. The molecule has 1 aromatic heterocycles. The Morgan fingerprint density at radius 1 is 1.33 bits per heavy atom. The zero-order valence-electron chi connectivity index (χ0n) is 11.1. The maximum atomic E-state index is 12.2. The lowest BCUT2D eigenvalue weighted by Gasteiger charge is -2.16. The topological polar surface area (TPSA) is 29.5 Å². The summed E-state index contributed by atoms with van der Waals surface area (Å²) in [6, 6.07) is 8.96. The number of amides is 1. The number of carbonyl (C=O) groups excluding carboxylic acids is 1. The van der Waals surface area contributed by atoms with Crippen LogP contribution >= 0.6 is 54.8 Å². The Bertz CT molecular complexity index is 611. The van der Waals surface area contributed by atoms with E-state index in [2.05, 4.69) is 31.9 Å². The van der Waals surface area contributed by atoms with Crippen LogP contribution in [-0.4, -0.2) is 31.0 Å². The fourth-order valence-electron chi connectivity index (χ4n) is 1.57. The third-order valence-electron chi connectivity index (χ3n) is 2.71. The first-order valence-electron chi connectivity index (χ1n) is 6.06. The molecular formula is C14H12Br2ClNO2S. The number of thiophene rings is 1. The van der Waals surface area contributed by atoms with Crippen LogP contribution in [0.1, 0.15) is 9.67 Å². The van der Waals surface area contributed by atoms with Gasteiger partial charge in [-0.25, -0.2) is 0 Å². The Morgan fingerprint density at radius 2 is 2.00 bits per heavy atom. The van der Waals surface area contributed by atoms with Crippen molar-refractivity contribution in [2.45, 2.75) is 0 Å². The van der Waals surface area contributed by atoms with Crippen LogP contribution in [-0.2, 0) is 0 Å². The molecule has 0 fully saturated rings. The number of hydrogen-bond donors (Lipinski definition) is 0. The van der Waals surface area contributed by atoms with Crippen molar-refractivity contribution >= 4 is 60.7 Å². The van der Waals surface area contributed by atoms with Gasteiger partial charge >= 0.3 is 0 Å². The van der Waals surface area contributed by atoms with Gasteiger partial charge in [0.1, 0.15) is 12.4 Å². The van der Waals surface area contributed by atoms with E-state index >= 15 is 0 Å². The number of hydrogen-bond acceptors (Lipinski definition) is 3. The highest BCUT2D eigenvalue weighted by atomic mass is 79.9. The van der Waals surface area contributed by atoms with Crippen LogP contribution in [0.4, 0.5) is 0 Å². The van der Waals surface area contributed by atoms with Crippen molar-refractivity contribution in [1.29, 1.82) is 0 Å². The average molecular weight is 454 g/mol. The van der Waals surface area contributed by atoms with Crippen molar-refractivity contribution in [3.05, 3.63) is 48.5 Å². The normalized spacial score (nSPS) is 10.5. The smallest absolute Gasteiger partial charge is 0.263 e. The second-order valence-electron chi connectivity index (χ2n) is 4.26. The van der Waals surface area contributed by atoms with Crippen molar-refractivity contribution in [2.75, 3.05) is 20.2 Å². The summed E-state index contributed by atoms with van der Waals surface area (Å²) in [7, 11) is 1.76. The van der Waals surface area contributed by atoms with E-state index in [-0.39, 0.29) is 5.91 Å². The molecule has 1 heterocycles. The summed E-state index contributed by atoms with van der Waals surface area (Å²) in [6.07, 6.45) is 0. The zero-order chi connectivity index (χ0) is 15.4. The average Bonchev–Trinajstić information content (AvgIpc) is 2.80. The lowest BCUT2D eigenvalue weighted by Crippen LogP contribution is -2.30. The van der Waals surface area contributed by atoms with Crippen molar-refractivity contribution < 1.29 is 9.53 Å². The molecule has 0 aliphatic rings. The van der Waals surface area contributed by atoms with Crippen molar-refractivity contribution in [3.63, 3.8) is 0 Å². The van der Waals surface area contributed by atoms with Crippen LogP contribution in [0.2, 0.25) is 5.02 Å². The summed E-state index contributed by atoms with van der Waals surface area (Å²) in [5.41, 5.74) is 0. The van der Waals surface area contributed by atoms with Gasteiger partial charge in [-0.2, -0.15) is 0 Å². The van der Waals surface area contributed by atoms with E-state index in [1.165, 1.54) is 11.3 Å². The Hall–Kier alpha value is -0.560. The molecule has 0 N–H and O–H groups in total. The minimum absolute atomic E-state index is 0.0221. The summed E-state index contributed by atoms with van der Waals surface area (Å²) >= 11 is 14.0. The molecule has 0 saturated carbocycles. The highest BCUT2D eigenvalue weighted by molar-refractivity contribution is 9.13. The molecule has 2 rings (SSSR count). The number of halogens is 3. The molecule has 2 aromatic rings. The molecule has 0 radical (unpaired) electrons. The lowest BCUT2D eigenvalue weighted by molar-refractivity contribution is 0.0778. The second-order valence-corrected chi connectivity index (χ2v) is 7.92. The lowest BCUT2D eigenvalue weighted by atomic mass is 10.3. The summed E-state index contributed by atoms with van der Waals surface area (Å²) in [5, 5.41) is 0.670. The van der Waals surface area contributed by atoms with Gasteiger partial charge in [-0.05, 0) is 62.2 Å². The number of nitrogens with zero attached hydrogens (tertiary/aromatic N) is 1. The Morgan fingerprint density at radius 3 is 2.57 bits per heavy atom. The Labute approximate surface area is 149 Å². The monoisotopic (exact) mass is 451 g/mol. The van der Waals surface area contributed by atoms with E-state index in [4.69, 9.17) is 16.3 Å². The quantitative estimate of drug-likeness (QED) is 0.632. The summed E-state index contributed by atoms with van der Waals surface area (Å²) in [6.45, 7) is 0.937. The molecule has 0 bridgehead atoms. The summed E-state index contributed by atoms with van der Waals surface area (Å²) in [5.74, 6) is 0.716. The molecule has 3 nitrogen and oxygen atoms in total. The first-order chi connectivity index (χ1) is 9.97. The number of benzene rings is 1. The third-order valence-corrected chi connectivity index (χ3v) is 6.21. The van der Waals surface area contributed by atoms with Gasteiger partial charge in [-0.3, -0.25) is 4.79 Å².